The SMILES string of the molecule is CCCC1(C)C(=O)NCCN1Cc1cncs1. The quantitative estimate of drug-likeness (QED) is 0.887. The molecule has 1 amide bonds. The molecule has 2 heterocycles. The minimum atomic E-state index is -0.364. The maximum atomic E-state index is 12.1. The number of nitrogens with one attached hydrogen (secondary N) is 1. The second kappa shape index (κ2) is 5.14. The summed E-state index contributed by atoms with van der Waals surface area (Å²) in [4.78, 5) is 19.7. The van der Waals surface area contributed by atoms with Crippen molar-refractivity contribution in [2.75, 3.05) is 13.1 Å². The molecule has 0 saturated carbocycles. The van der Waals surface area contributed by atoms with Gasteiger partial charge in [-0.25, -0.2) is 0 Å². The van der Waals surface area contributed by atoms with Gasteiger partial charge < -0.3 is 5.32 Å². The van der Waals surface area contributed by atoms with E-state index in [0.29, 0.717) is 0 Å². The molecule has 0 aromatic carbocycles. The van der Waals surface area contributed by atoms with E-state index >= 15 is 0 Å². The Morgan fingerprint density at radius 2 is 2.47 bits per heavy atom. The molecule has 1 aliphatic rings. The van der Waals surface area contributed by atoms with Crippen LogP contribution in [0.2, 0.25) is 0 Å². The summed E-state index contributed by atoms with van der Waals surface area (Å²) in [5, 5.41) is 2.97. The molecular formula is C12H19N3OS. The Balaban J connectivity index is 2.14. The van der Waals surface area contributed by atoms with E-state index < -0.39 is 0 Å². The highest BCUT2D eigenvalue weighted by atomic mass is 32.1. The monoisotopic (exact) mass is 253 g/mol. The molecule has 1 unspecified atom stereocenters. The average molecular weight is 253 g/mol. The van der Waals surface area contributed by atoms with Gasteiger partial charge in [-0.2, -0.15) is 0 Å². The van der Waals surface area contributed by atoms with Gasteiger partial charge in [0.25, 0.3) is 0 Å². The Hall–Kier alpha value is -0.940. The second-order valence-electron chi connectivity index (χ2n) is 4.67. The summed E-state index contributed by atoms with van der Waals surface area (Å²) < 4.78 is 0. The van der Waals surface area contributed by atoms with Crippen molar-refractivity contribution in [3.8, 4) is 0 Å². The molecule has 1 aromatic rings. The third-order valence-electron chi connectivity index (χ3n) is 3.42. The van der Waals surface area contributed by atoms with Crippen molar-refractivity contribution < 1.29 is 4.79 Å². The van der Waals surface area contributed by atoms with Crippen molar-refractivity contribution >= 4 is 17.2 Å². The molecule has 1 fully saturated rings. The number of nitrogens with zero attached hydrogens (tertiary/aromatic N) is 2. The van der Waals surface area contributed by atoms with Gasteiger partial charge in [-0.3, -0.25) is 14.7 Å². The van der Waals surface area contributed by atoms with Crippen LogP contribution in [0.3, 0.4) is 0 Å². The van der Waals surface area contributed by atoms with E-state index in [1.54, 1.807) is 11.3 Å². The maximum Gasteiger partial charge on any atom is 0.240 e. The van der Waals surface area contributed by atoms with E-state index in [-0.39, 0.29) is 11.4 Å². The molecule has 1 aliphatic heterocycles. The fourth-order valence-corrected chi connectivity index (χ4v) is 3.01. The summed E-state index contributed by atoms with van der Waals surface area (Å²) >= 11 is 1.65. The van der Waals surface area contributed by atoms with Gasteiger partial charge in [-0.15, -0.1) is 11.3 Å². The molecule has 0 spiro atoms. The lowest BCUT2D eigenvalue weighted by Gasteiger charge is -2.43. The first-order valence-corrected chi connectivity index (χ1v) is 6.95. The summed E-state index contributed by atoms with van der Waals surface area (Å²) in [5.74, 6) is 0.162. The number of carbonyl (C=O) groups excluding carboxylic acids is 1. The summed E-state index contributed by atoms with van der Waals surface area (Å²) in [6, 6.07) is 0. The lowest BCUT2D eigenvalue weighted by Crippen LogP contribution is -2.62. The van der Waals surface area contributed by atoms with Crippen LogP contribution in [0.1, 0.15) is 31.6 Å². The molecule has 1 N–H and O–H groups in total. The van der Waals surface area contributed by atoms with E-state index in [4.69, 9.17) is 0 Å². The lowest BCUT2D eigenvalue weighted by atomic mass is 9.90. The first kappa shape index (κ1) is 12.5. The predicted octanol–water partition coefficient (Wildman–Crippen LogP) is 1.63. The zero-order valence-electron chi connectivity index (χ0n) is 10.4. The largest absolute Gasteiger partial charge is 0.353 e. The average Bonchev–Trinajstić information content (AvgIpc) is 2.79. The van der Waals surface area contributed by atoms with Gasteiger partial charge in [0.1, 0.15) is 0 Å². The normalized spacial score (nSPS) is 25.9. The Kier molecular flexibility index (Phi) is 3.79. The van der Waals surface area contributed by atoms with Crippen molar-refractivity contribution in [2.45, 2.75) is 38.8 Å². The number of rotatable bonds is 4. The zero-order valence-corrected chi connectivity index (χ0v) is 11.2. The smallest absolute Gasteiger partial charge is 0.240 e. The van der Waals surface area contributed by atoms with Crippen molar-refractivity contribution in [1.82, 2.24) is 15.2 Å². The van der Waals surface area contributed by atoms with Crippen LogP contribution in [-0.2, 0) is 11.3 Å². The van der Waals surface area contributed by atoms with E-state index in [1.807, 2.05) is 18.6 Å². The van der Waals surface area contributed by atoms with Gasteiger partial charge in [0.2, 0.25) is 5.91 Å². The van der Waals surface area contributed by atoms with Crippen LogP contribution in [0.25, 0.3) is 0 Å². The number of hydrogen-bond acceptors (Lipinski definition) is 4. The van der Waals surface area contributed by atoms with Crippen LogP contribution in [0, 0.1) is 0 Å². The molecule has 1 atom stereocenters. The Morgan fingerprint density at radius 1 is 1.65 bits per heavy atom. The summed E-state index contributed by atoms with van der Waals surface area (Å²) in [5.41, 5.74) is 1.48. The lowest BCUT2D eigenvalue weighted by molar-refractivity contribution is -0.137. The molecular weight excluding hydrogens is 234 g/mol. The van der Waals surface area contributed by atoms with E-state index in [1.165, 1.54) is 4.88 Å². The van der Waals surface area contributed by atoms with Crippen LogP contribution in [0.4, 0.5) is 0 Å². The van der Waals surface area contributed by atoms with Gasteiger partial charge in [0.15, 0.2) is 0 Å². The molecule has 0 bridgehead atoms. The molecule has 1 saturated heterocycles. The molecule has 5 heteroatoms. The first-order chi connectivity index (χ1) is 8.16. The fourth-order valence-electron chi connectivity index (χ4n) is 2.41. The molecule has 0 radical (unpaired) electrons. The second-order valence-corrected chi connectivity index (χ2v) is 5.64. The van der Waals surface area contributed by atoms with Crippen LogP contribution in [0.5, 0.6) is 0 Å². The third-order valence-corrected chi connectivity index (χ3v) is 4.19. The number of thiazole rings is 1. The molecule has 4 nitrogen and oxygen atoms in total. The van der Waals surface area contributed by atoms with Gasteiger partial charge in [-0.05, 0) is 13.3 Å². The van der Waals surface area contributed by atoms with Crippen molar-refractivity contribution in [3.05, 3.63) is 16.6 Å². The van der Waals surface area contributed by atoms with Crippen LogP contribution < -0.4 is 5.32 Å². The molecule has 2 rings (SSSR count). The topological polar surface area (TPSA) is 45.2 Å². The summed E-state index contributed by atoms with van der Waals surface area (Å²) in [6.45, 7) is 6.66. The predicted molar refractivity (Wildman–Crippen MR) is 68.8 cm³/mol. The Labute approximate surface area is 106 Å². The minimum Gasteiger partial charge on any atom is -0.353 e. The van der Waals surface area contributed by atoms with E-state index in [2.05, 4.69) is 22.1 Å². The van der Waals surface area contributed by atoms with Gasteiger partial charge >= 0.3 is 0 Å². The Morgan fingerprint density at radius 3 is 3.12 bits per heavy atom. The Bertz CT molecular complexity index is 379. The maximum absolute atomic E-state index is 12.1. The highest BCUT2D eigenvalue weighted by molar-refractivity contribution is 7.09. The molecule has 1 aromatic heterocycles. The highest BCUT2D eigenvalue weighted by Crippen LogP contribution is 2.26. The number of carbonyl (C=O) groups is 1. The van der Waals surface area contributed by atoms with Crippen molar-refractivity contribution in [2.24, 2.45) is 0 Å². The number of aromatic nitrogens is 1. The zero-order chi connectivity index (χ0) is 12.3. The van der Waals surface area contributed by atoms with Gasteiger partial charge in [-0.1, -0.05) is 13.3 Å². The fraction of sp³-hybridized carbons (Fsp3) is 0.667. The van der Waals surface area contributed by atoms with Crippen LogP contribution in [0.15, 0.2) is 11.7 Å². The molecule has 94 valence electrons. The minimum absolute atomic E-state index is 0.162. The van der Waals surface area contributed by atoms with Crippen molar-refractivity contribution in [1.29, 1.82) is 0 Å². The molecule has 17 heavy (non-hydrogen) atoms. The third kappa shape index (κ3) is 2.50. The van der Waals surface area contributed by atoms with Crippen LogP contribution >= 0.6 is 11.3 Å². The van der Waals surface area contributed by atoms with Crippen LogP contribution in [-0.4, -0.2) is 34.4 Å². The van der Waals surface area contributed by atoms with E-state index in [0.717, 1.165) is 32.5 Å². The first-order valence-electron chi connectivity index (χ1n) is 6.07. The number of amides is 1. The van der Waals surface area contributed by atoms with Gasteiger partial charge in [0.05, 0.1) is 11.0 Å². The van der Waals surface area contributed by atoms with E-state index in [9.17, 15) is 4.79 Å². The van der Waals surface area contributed by atoms with Crippen molar-refractivity contribution in [3.63, 3.8) is 0 Å². The number of piperazine rings is 1. The standard InChI is InChI=1S/C12H19N3OS/c1-3-4-12(2)11(16)14-5-6-15(12)8-10-7-13-9-17-10/h7,9H,3-6,8H2,1-2H3,(H,14,16). The number of hydrogen-bond donors (Lipinski definition) is 1. The van der Waals surface area contributed by atoms with Gasteiger partial charge in [0, 0.05) is 30.7 Å². The summed E-state index contributed by atoms with van der Waals surface area (Å²) in [6.07, 6.45) is 3.81. The summed E-state index contributed by atoms with van der Waals surface area (Å²) in [7, 11) is 0. The molecule has 0 aliphatic carbocycles. The highest BCUT2D eigenvalue weighted by Gasteiger charge is 2.41.